The van der Waals surface area contributed by atoms with Crippen LogP contribution in [0.15, 0.2) is 23.0 Å². The Labute approximate surface area is 105 Å². The van der Waals surface area contributed by atoms with Crippen LogP contribution in [0.5, 0.6) is 0 Å². The molecular weight excluding hydrogens is 261 g/mol. The van der Waals surface area contributed by atoms with Gasteiger partial charge in [0.2, 0.25) is 12.3 Å². The predicted molar refractivity (Wildman–Crippen MR) is 62.5 cm³/mol. The lowest BCUT2D eigenvalue weighted by Gasteiger charge is -2.03. The molecule has 0 aliphatic rings. The lowest BCUT2D eigenvalue weighted by molar-refractivity contribution is 0.408. The Hall–Kier alpha value is -2.15. The molecule has 6 nitrogen and oxygen atoms in total. The zero-order valence-corrected chi connectivity index (χ0v) is 9.73. The van der Waals surface area contributed by atoms with Crippen molar-refractivity contribution in [2.24, 2.45) is 0 Å². The number of benzene rings is 1. The Morgan fingerprint density at radius 2 is 2.28 bits per heavy atom. The minimum absolute atomic E-state index is 0.0109. The molecular formula is C10H7ClFN5O. The van der Waals surface area contributed by atoms with Gasteiger partial charge in [0.1, 0.15) is 5.82 Å². The minimum Gasteiger partial charge on any atom is -0.369 e. The topological polar surface area (TPSA) is 82.8 Å². The largest absolute Gasteiger partial charge is 0.369 e. The van der Waals surface area contributed by atoms with Gasteiger partial charge in [0, 0.05) is 6.07 Å². The normalized spacial score (nSPS) is 11.2. The second-order valence-electron chi connectivity index (χ2n) is 3.66. The summed E-state index contributed by atoms with van der Waals surface area (Å²) >= 11 is 5.74. The van der Waals surface area contributed by atoms with Gasteiger partial charge in [-0.3, -0.25) is 0 Å². The molecule has 0 spiro atoms. The van der Waals surface area contributed by atoms with Gasteiger partial charge < -0.3 is 14.8 Å². The first kappa shape index (κ1) is 11.0. The van der Waals surface area contributed by atoms with E-state index in [1.165, 1.54) is 18.5 Å². The summed E-state index contributed by atoms with van der Waals surface area (Å²) in [5.74, 6) is 0.145. The van der Waals surface area contributed by atoms with Gasteiger partial charge in [-0.05, 0) is 6.07 Å². The SMILES string of the molecule is Nc1nc2cc(F)c(Cl)cc2n1Cc1ncon1. The highest BCUT2D eigenvalue weighted by atomic mass is 35.5. The molecule has 18 heavy (non-hydrogen) atoms. The summed E-state index contributed by atoms with van der Waals surface area (Å²) in [6, 6.07) is 2.70. The second-order valence-corrected chi connectivity index (χ2v) is 4.07. The van der Waals surface area contributed by atoms with Crippen LogP contribution in [-0.4, -0.2) is 19.7 Å². The van der Waals surface area contributed by atoms with Crippen molar-refractivity contribution >= 4 is 28.6 Å². The van der Waals surface area contributed by atoms with Gasteiger partial charge >= 0.3 is 0 Å². The lowest BCUT2D eigenvalue weighted by atomic mass is 10.3. The van der Waals surface area contributed by atoms with Crippen LogP contribution in [0, 0.1) is 5.82 Å². The first-order valence-electron chi connectivity index (χ1n) is 5.01. The molecule has 8 heteroatoms. The molecule has 0 amide bonds. The Kier molecular flexibility index (Phi) is 2.41. The van der Waals surface area contributed by atoms with Gasteiger partial charge in [-0.15, -0.1) is 0 Å². The highest BCUT2D eigenvalue weighted by Crippen LogP contribution is 2.25. The predicted octanol–water partition coefficient (Wildman–Crippen LogP) is 1.84. The fraction of sp³-hybridized carbons (Fsp3) is 0.100. The quantitative estimate of drug-likeness (QED) is 0.766. The van der Waals surface area contributed by atoms with Gasteiger partial charge in [0.25, 0.3) is 0 Å². The zero-order valence-electron chi connectivity index (χ0n) is 8.97. The third-order valence-electron chi connectivity index (χ3n) is 2.53. The average molecular weight is 268 g/mol. The van der Waals surface area contributed by atoms with E-state index in [-0.39, 0.29) is 17.5 Å². The van der Waals surface area contributed by atoms with Crippen molar-refractivity contribution in [3.63, 3.8) is 0 Å². The van der Waals surface area contributed by atoms with E-state index in [4.69, 9.17) is 17.3 Å². The van der Waals surface area contributed by atoms with Crippen molar-refractivity contribution in [2.75, 3.05) is 5.73 Å². The fourth-order valence-electron chi connectivity index (χ4n) is 1.71. The van der Waals surface area contributed by atoms with Crippen LogP contribution >= 0.6 is 11.6 Å². The Morgan fingerprint density at radius 3 is 3.00 bits per heavy atom. The number of hydrogen-bond donors (Lipinski definition) is 1. The summed E-state index contributed by atoms with van der Waals surface area (Å²) in [5.41, 5.74) is 6.81. The van der Waals surface area contributed by atoms with E-state index in [1.807, 2.05) is 0 Å². The van der Waals surface area contributed by atoms with Gasteiger partial charge in [-0.2, -0.15) is 4.98 Å². The van der Waals surface area contributed by atoms with E-state index in [2.05, 4.69) is 19.6 Å². The molecule has 0 radical (unpaired) electrons. The van der Waals surface area contributed by atoms with Gasteiger partial charge in [0.05, 0.1) is 22.6 Å². The number of hydrogen-bond acceptors (Lipinski definition) is 5. The van der Waals surface area contributed by atoms with E-state index in [9.17, 15) is 4.39 Å². The summed E-state index contributed by atoms with van der Waals surface area (Å²) in [7, 11) is 0. The van der Waals surface area contributed by atoms with Crippen molar-refractivity contribution in [3.8, 4) is 0 Å². The lowest BCUT2D eigenvalue weighted by Crippen LogP contribution is -2.05. The number of nitrogens with two attached hydrogens (primary N) is 1. The standard InChI is InChI=1S/C10H7ClFN5O/c11-5-1-8-7(2-6(5)12)15-10(13)17(8)3-9-14-4-18-16-9/h1-2,4H,3H2,(H2,13,15). The summed E-state index contributed by atoms with van der Waals surface area (Å²) < 4.78 is 19.6. The first-order valence-corrected chi connectivity index (χ1v) is 5.39. The number of anilines is 1. The number of imidazole rings is 1. The van der Waals surface area contributed by atoms with Gasteiger partial charge in [-0.25, -0.2) is 9.37 Å². The second kappa shape index (κ2) is 3.95. The third kappa shape index (κ3) is 1.68. The number of rotatable bonds is 2. The molecule has 1 aromatic carbocycles. The minimum atomic E-state index is -0.534. The van der Waals surface area contributed by atoms with Crippen molar-refractivity contribution in [1.29, 1.82) is 0 Å². The highest BCUT2D eigenvalue weighted by molar-refractivity contribution is 6.31. The molecule has 2 heterocycles. The maximum Gasteiger partial charge on any atom is 0.213 e. The van der Waals surface area contributed by atoms with Crippen LogP contribution in [0.2, 0.25) is 5.02 Å². The molecule has 3 aromatic rings. The van der Waals surface area contributed by atoms with E-state index in [0.29, 0.717) is 16.9 Å². The number of halogens is 2. The maximum absolute atomic E-state index is 13.3. The molecule has 2 aromatic heterocycles. The van der Waals surface area contributed by atoms with Crippen LogP contribution in [0.1, 0.15) is 5.82 Å². The van der Waals surface area contributed by atoms with Crippen molar-refractivity contribution in [1.82, 2.24) is 19.7 Å². The van der Waals surface area contributed by atoms with Crippen LogP contribution in [0.4, 0.5) is 10.3 Å². The molecule has 0 aliphatic heterocycles. The molecule has 0 atom stereocenters. The molecule has 0 fully saturated rings. The van der Waals surface area contributed by atoms with Crippen molar-refractivity contribution in [3.05, 3.63) is 35.2 Å². The molecule has 2 N–H and O–H groups in total. The maximum atomic E-state index is 13.3. The molecule has 3 rings (SSSR count). The number of aromatic nitrogens is 4. The van der Waals surface area contributed by atoms with Crippen molar-refractivity contribution in [2.45, 2.75) is 6.54 Å². The van der Waals surface area contributed by atoms with E-state index in [0.717, 1.165) is 0 Å². The molecule has 0 saturated heterocycles. The number of nitrogen functional groups attached to an aromatic ring is 1. The molecule has 0 unspecified atom stereocenters. The van der Waals surface area contributed by atoms with Crippen LogP contribution < -0.4 is 5.73 Å². The Balaban J connectivity index is 2.16. The Bertz CT molecular complexity index is 709. The zero-order chi connectivity index (χ0) is 12.7. The van der Waals surface area contributed by atoms with E-state index in [1.54, 1.807) is 4.57 Å². The van der Waals surface area contributed by atoms with Crippen molar-refractivity contribution < 1.29 is 8.91 Å². The fourth-order valence-corrected chi connectivity index (χ4v) is 1.87. The van der Waals surface area contributed by atoms with Crippen LogP contribution in [-0.2, 0) is 6.54 Å². The van der Waals surface area contributed by atoms with Gasteiger partial charge in [0.15, 0.2) is 5.82 Å². The van der Waals surface area contributed by atoms with Crippen LogP contribution in [0.25, 0.3) is 11.0 Å². The van der Waals surface area contributed by atoms with E-state index >= 15 is 0 Å². The monoisotopic (exact) mass is 267 g/mol. The molecule has 0 saturated carbocycles. The summed E-state index contributed by atoms with van der Waals surface area (Å²) in [4.78, 5) is 7.94. The molecule has 0 aliphatic carbocycles. The third-order valence-corrected chi connectivity index (χ3v) is 2.82. The molecule has 0 bridgehead atoms. The van der Waals surface area contributed by atoms with Gasteiger partial charge in [-0.1, -0.05) is 16.8 Å². The number of fused-ring (bicyclic) bond motifs is 1. The Morgan fingerprint density at radius 1 is 1.44 bits per heavy atom. The van der Waals surface area contributed by atoms with E-state index < -0.39 is 5.82 Å². The summed E-state index contributed by atoms with van der Waals surface area (Å²) in [6.07, 6.45) is 1.22. The summed E-state index contributed by atoms with van der Waals surface area (Å²) in [5, 5.41) is 3.69. The highest BCUT2D eigenvalue weighted by Gasteiger charge is 2.13. The first-order chi connectivity index (χ1) is 8.65. The van der Waals surface area contributed by atoms with Crippen LogP contribution in [0.3, 0.4) is 0 Å². The summed E-state index contributed by atoms with van der Waals surface area (Å²) in [6.45, 7) is 0.279. The molecule has 92 valence electrons. The smallest absolute Gasteiger partial charge is 0.213 e. The average Bonchev–Trinajstić information content (AvgIpc) is 2.92. The number of nitrogens with zero attached hydrogens (tertiary/aromatic N) is 4.